The van der Waals surface area contributed by atoms with Crippen molar-refractivity contribution in [2.75, 3.05) is 13.1 Å². The summed E-state index contributed by atoms with van der Waals surface area (Å²) < 4.78 is 13.3. The molecule has 2 nitrogen and oxygen atoms in total. The fourth-order valence-electron chi connectivity index (χ4n) is 1.85. The van der Waals surface area contributed by atoms with Crippen LogP contribution in [0.5, 0.6) is 5.75 Å². The first-order valence-electron chi connectivity index (χ1n) is 4.95. The number of benzene rings is 1. The average Bonchev–Trinajstić information content (AvgIpc) is 2.62. The number of aromatic hydroxyl groups is 1. The van der Waals surface area contributed by atoms with Crippen molar-refractivity contribution in [2.24, 2.45) is 0 Å². The summed E-state index contributed by atoms with van der Waals surface area (Å²) in [4.78, 5) is 2.23. The van der Waals surface area contributed by atoms with E-state index in [1.165, 1.54) is 25.0 Å². The largest absolute Gasteiger partial charge is 0.508 e. The SMILES string of the molecule is Oc1ccc(CN2CCCC2)c(F)c1. The molecule has 0 radical (unpaired) electrons. The lowest BCUT2D eigenvalue weighted by molar-refractivity contribution is 0.325. The van der Waals surface area contributed by atoms with Gasteiger partial charge in [0.1, 0.15) is 11.6 Å². The first-order chi connectivity index (χ1) is 6.75. The third-order valence-electron chi connectivity index (χ3n) is 2.63. The second-order valence-corrected chi connectivity index (χ2v) is 3.76. The maximum absolute atomic E-state index is 13.3. The van der Waals surface area contributed by atoms with Crippen LogP contribution in [-0.2, 0) is 6.54 Å². The van der Waals surface area contributed by atoms with E-state index < -0.39 is 0 Å². The molecule has 1 fully saturated rings. The van der Waals surface area contributed by atoms with Gasteiger partial charge < -0.3 is 5.11 Å². The fourth-order valence-corrected chi connectivity index (χ4v) is 1.85. The third kappa shape index (κ3) is 2.04. The predicted octanol–water partition coefficient (Wildman–Crippen LogP) is 2.13. The van der Waals surface area contributed by atoms with Gasteiger partial charge in [0.15, 0.2) is 0 Å². The smallest absolute Gasteiger partial charge is 0.131 e. The summed E-state index contributed by atoms with van der Waals surface area (Å²) >= 11 is 0. The lowest BCUT2D eigenvalue weighted by Crippen LogP contribution is -2.19. The van der Waals surface area contributed by atoms with Gasteiger partial charge in [-0.05, 0) is 32.0 Å². The van der Waals surface area contributed by atoms with Crippen molar-refractivity contribution >= 4 is 0 Å². The highest BCUT2D eigenvalue weighted by molar-refractivity contribution is 5.27. The zero-order valence-electron chi connectivity index (χ0n) is 8.04. The van der Waals surface area contributed by atoms with Crippen molar-refractivity contribution in [3.8, 4) is 5.75 Å². The Morgan fingerprint density at radius 2 is 2.00 bits per heavy atom. The molecule has 2 rings (SSSR count). The van der Waals surface area contributed by atoms with E-state index in [1.54, 1.807) is 6.07 Å². The quantitative estimate of drug-likeness (QED) is 0.781. The van der Waals surface area contributed by atoms with E-state index in [0.29, 0.717) is 12.1 Å². The van der Waals surface area contributed by atoms with Crippen LogP contribution in [-0.4, -0.2) is 23.1 Å². The molecule has 0 aromatic heterocycles. The molecular formula is C11H14FNO. The Bertz CT molecular complexity index is 321. The Kier molecular flexibility index (Phi) is 2.68. The van der Waals surface area contributed by atoms with Crippen molar-refractivity contribution in [1.82, 2.24) is 4.90 Å². The summed E-state index contributed by atoms with van der Waals surface area (Å²) in [7, 11) is 0. The van der Waals surface area contributed by atoms with Gasteiger partial charge in [-0.25, -0.2) is 4.39 Å². The van der Waals surface area contributed by atoms with Crippen molar-refractivity contribution in [1.29, 1.82) is 0 Å². The van der Waals surface area contributed by atoms with Gasteiger partial charge in [-0.1, -0.05) is 6.07 Å². The van der Waals surface area contributed by atoms with Crippen LogP contribution >= 0.6 is 0 Å². The fraction of sp³-hybridized carbons (Fsp3) is 0.455. The number of rotatable bonds is 2. The van der Waals surface area contributed by atoms with E-state index in [1.807, 2.05) is 0 Å². The molecule has 1 heterocycles. The van der Waals surface area contributed by atoms with Crippen LogP contribution in [0.1, 0.15) is 18.4 Å². The zero-order chi connectivity index (χ0) is 9.97. The first kappa shape index (κ1) is 9.46. The van der Waals surface area contributed by atoms with Crippen LogP contribution in [0.25, 0.3) is 0 Å². The Hall–Kier alpha value is -1.09. The van der Waals surface area contributed by atoms with E-state index in [-0.39, 0.29) is 11.6 Å². The Balaban J connectivity index is 2.08. The van der Waals surface area contributed by atoms with Gasteiger partial charge in [-0.3, -0.25) is 4.90 Å². The maximum Gasteiger partial charge on any atom is 0.131 e. The van der Waals surface area contributed by atoms with E-state index in [2.05, 4.69) is 4.90 Å². The van der Waals surface area contributed by atoms with Crippen molar-refractivity contribution in [3.05, 3.63) is 29.6 Å². The van der Waals surface area contributed by atoms with Crippen LogP contribution < -0.4 is 0 Å². The second kappa shape index (κ2) is 3.96. The lowest BCUT2D eigenvalue weighted by Gasteiger charge is -2.14. The molecule has 1 aliphatic heterocycles. The van der Waals surface area contributed by atoms with Gasteiger partial charge in [0, 0.05) is 18.2 Å². The van der Waals surface area contributed by atoms with Crippen LogP contribution in [0.4, 0.5) is 4.39 Å². The Labute approximate surface area is 83.0 Å². The molecule has 0 unspecified atom stereocenters. The van der Waals surface area contributed by atoms with Crippen LogP contribution in [0.3, 0.4) is 0 Å². The number of phenols is 1. The summed E-state index contributed by atoms with van der Waals surface area (Å²) in [5.41, 5.74) is 0.671. The molecule has 0 atom stereocenters. The lowest BCUT2D eigenvalue weighted by atomic mass is 10.2. The van der Waals surface area contributed by atoms with E-state index in [4.69, 9.17) is 5.11 Å². The van der Waals surface area contributed by atoms with Crippen LogP contribution in [0.15, 0.2) is 18.2 Å². The molecular weight excluding hydrogens is 181 g/mol. The van der Waals surface area contributed by atoms with Crippen molar-refractivity contribution in [3.63, 3.8) is 0 Å². The van der Waals surface area contributed by atoms with E-state index in [0.717, 1.165) is 13.1 Å². The number of hydrogen-bond acceptors (Lipinski definition) is 2. The van der Waals surface area contributed by atoms with Gasteiger partial charge in [-0.2, -0.15) is 0 Å². The minimum Gasteiger partial charge on any atom is -0.508 e. The van der Waals surface area contributed by atoms with Crippen LogP contribution in [0, 0.1) is 5.82 Å². The van der Waals surface area contributed by atoms with Crippen molar-refractivity contribution in [2.45, 2.75) is 19.4 Å². The average molecular weight is 195 g/mol. The first-order valence-corrected chi connectivity index (χ1v) is 4.95. The molecule has 14 heavy (non-hydrogen) atoms. The van der Waals surface area contributed by atoms with Gasteiger partial charge in [-0.15, -0.1) is 0 Å². The highest BCUT2D eigenvalue weighted by Gasteiger charge is 2.13. The minimum absolute atomic E-state index is 0.00679. The number of nitrogens with zero attached hydrogens (tertiary/aromatic N) is 1. The summed E-state index contributed by atoms with van der Waals surface area (Å²) in [5.74, 6) is -0.315. The standard InChI is InChI=1S/C11H14FNO/c12-11-7-10(14)4-3-9(11)8-13-5-1-2-6-13/h3-4,7,14H,1-2,5-6,8H2. The minimum atomic E-state index is -0.308. The molecule has 0 saturated carbocycles. The molecule has 0 amide bonds. The molecule has 0 aliphatic carbocycles. The summed E-state index contributed by atoms with van der Waals surface area (Å²) in [6.07, 6.45) is 2.42. The maximum atomic E-state index is 13.3. The monoisotopic (exact) mass is 195 g/mol. The number of hydrogen-bond donors (Lipinski definition) is 1. The molecule has 0 spiro atoms. The van der Waals surface area contributed by atoms with Gasteiger partial charge in [0.25, 0.3) is 0 Å². The molecule has 3 heteroatoms. The molecule has 76 valence electrons. The van der Waals surface area contributed by atoms with Crippen LogP contribution in [0.2, 0.25) is 0 Å². The van der Waals surface area contributed by atoms with Gasteiger partial charge in [0.05, 0.1) is 0 Å². The number of halogens is 1. The Morgan fingerprint density at radius 1 is 1.29 bits per heavy atom. The molecule has 1 aromatic rings. The molecule has 1 aromatic carbocycles. The second-order valence-electron chi connectivity index (χ2n) is 3.76. The molecule has 1 saturated heterocycles. The highest BCUT2D eigenvalue weighted by atomic mass is 19.1. The predicted molar refractivity (Wildman–Crippen MR) is 52.6 cm³/mol. The highest BCUT2D eigenvalue weighted by Crippen LogP contribution is 2.18. The number of phenolic OH excluding ortho intramolecular Hbond substituents is 1. The summed E-state index contributed by atoms with van der Waals surface area (Å²) in [5, 5.41) is 9.04. The summed E-state index contributed by atoms with van der Waals surface area (Å²) in [6.45, 7) is 2.77. The van der Waals surface area contributed by atoms with Gasteiger partial charge in [0.2, 0.25) is 0 Å². The molecule has 0 bridgehead atoms. The number of likely N-dealkylation sites (tertiary alicyclic amines) is 1. The summed E-state index contributed by atoms with van der Waals surface area (Å²) in [6, 6.07) is 4.36. The molecule has 1 N–H and O–H groups in total. The normalized spacial score (nSPS) is 17.5. The van der Waals surface area contributed by atoms with Gasteiger partial charge >= 0.3 is 0 Å². The van der Waals surface area contributed by atoms with E-state index >= 15 is 0 Å². The zero-order valence-corrected chi connectivity index (χ0v) is 8.04. The third-order valence-corrected chi connectivity index (χ3v) is 2.63. The van der Waals surface area contributed by atoms with Crippen molar-refractivity contribution < 1.29 is 9.50 Å². The Morgan fingerprint density at radius 3 is 2.64 bits per heavy atom. The van der Waals surface area contributed by atoms with E-state index in [9.17, 15) is 4.39 Å². The molecule has 1 aliphatic rings. The topological polar surface area (TPSA) is 23.5 Å².